The summed E-state index contributed by atoms with van der Waals surface area (Å²) in [5.74, 6) is -0.511. The van der Waals surface area contributed by atoms with Crippen molar-refractivity contribution in [2.24, 2.45) is 0 Å². The standard InChI is InChI=1S/C25H27N5O4/c1-16-23(30(33)34)17(2)29(28-16)15-19-8-10-20(11-9-19)24(31)27-22(25(32)26-21-12-13-21)14-18-6-4-3-5-7-18/h3-11,21-22H,12-15H2,1-2H3,(H,26,32)(H,27,31). The van der Waals surface area contributed by atoms with Crippen LogP contribution in [-0.2, 0) is 17.8 Å². The first-order valence-electron chi connectivity index (χ1n) is 11.2. The molecular formula is C25H27N5O4. The molecule has 9 heteroatoms. The second-order valence-electron chi connectivity index (χ2n) is 8.63. The molecule has 34 heavy (non-hydrogen) atoms. The third-order valence-electron chi connectivity index (χ3n) is 5.90. The molecule has 9 nitrogen and oxygen atoms in total. The van der Waals surface area contributed by atoms with Crippen LogP contribution in [0.1, 0.15) is 45.7 Å². The number of amides is 2. The predicted molar refractivity (Wildman–Crippen MR) is 126 cm³/mol. The maximum Gasteiger partial charge on any atom is 0.312 e. The summed E-state index contributed by atoms with van der Waals surface area (Å²) in [5, 5.41) is 21.3. The van der Waals surface area contributed by atoms with Crippen molar-refractivity contribution >= 4 is 17.5 Å². The van der Waals surface area contributed by atoms with Crippen molar-refractivity contribution in [3.05, 3.63) is 92.8 Å². The first-order chi connectivity index (χ1) is 16.3. The lowest BCUT2D eigenvalue weighted by Gasteiger charge is -2.19. The number of nitro groups is 1. The van der Waals surface area contributed by atoms with Gasteiger partial charge in [-0.3, -0.25) is 24.4 Å². The van der Waals surface area contributed by atoms with Crippen molar-refractivity contribution in [2.75, 3.05) is 0 Å². The van der Waals surface area contributed by atoms with E-state index in [-0.39, 0.29) is 23.5 Å². The summed E-state index contributed by atoms with van der Waals surface area (Å²) in [5.41, 5.74) is 3.12. The van der Waals surface area contributed by atoms with Crippen LogP contribution in [0.15, 0.2) is 54.6 Å². The fraction of sp³-hybridized carbons (Fsp3) is 0.320. The van der Waals surface area contributed by atoms with Crippen LogP contribution < -0.4 is 10.6 Å². The first kappa shape index (κ1) is 23.2. The second kappa shape index (κ2) is 9.86. The Balaban J connectivity index is 1.44. The van der Waals surface area contributed by atoms with Gasteiger partial charge in [-0.2, -0.15) is 5.10 Å². The van der Waals surface area contributed by atoms with Gasteiger partial charge in [0, 0.05) is 18.0 Å². The van der Waals surface area contributed by atoms with Crippen LogP contribution >= 0.6 is 0 Å². The Bertz CT molecular complexity index is 1200. The number of aromatic nitrogens is 2. The molecule has 2 amide bonds. The van der Waals surface area contributed by atoms with Crippen LogP contribution in [0.25, 0.3) is 0 Å². The molecule has 1 unspecified atom stereocenters. The molecule has 2 aromatic carbocycles. The first-order valence-corrected chi connectivity index (χ1v) is 11.2. The number of carbonyl (C=O) groups excluding carboxylic acids is 2. The zero-order valence-corrected chi connectivity index (χ0v) is 19.2. The van der Waals surface area contributed by atoms with E-state index in [2.05, 4.69) is 15.7 Å². The Morgan fingerprint density at radius 1 is 1.09 bits per heavy atom. The molecule has 1 atom stereocenters. The quantitative estimate of drug-likeness (QED) is 0.375. The number of benzene rings is 2. The fourth-order valence-corrected chi connectivity index (χ4v) is 3.87. The molecule has 0 bridgehead atoms. The molecule has 4 rings (SSSR count). The summed E-state index contributed by atoms with van der Waals surface area (Å²) < 4.78 is 1.58. The Morgan fingerprint density at radius 3 is 2.35 bits per heavy atom. The Labute approximate surface area is 197 Å². The van der Waals surface area contributed by atoms with Gasteiger partial charge in [-0.25, -0.2) is 0 Å². The van der Waals surface area contributed by atoms with Crippen LogP contribution in [0, 0.1) is 24.0 Å². The highest BCUT2D eigenvalue weighted by atomic mass is 16.6. The van der Waals surface area contributed by atoms with Crippen LogP contribution in [0.5, 0.6) is 0 Å². The summed E-state index contributed by atoms with van der Waals surface area (Å²) in [6.07, 6.45) is 2.34. The van der Waals surface area contributed by atoms with E-state index in [4.69, 9.17) is 0 Å². The Hall–Kier alpha value is -4.01. The van der Waals surface area contributed by atoms with Crippen molar-refractivity contribution in [1.82, 2.24) is 20.4 Å². The molecule has 1 aromatic heterocycles. The van der Waals surface area contributed by atoms with E-state index in [0.29, 0.717) is 29.9 Å². The summed E-state index contributed by atoms with van der Waals surface area (Å²) in [7, 11) is 0. The molecule has 2 N–H and O–H groups in total. The minimum Gasteiger partial charge on any atom is -0.352 e. The fourth-order valence-electron chi connectivity index (χ4n) is 3.87. The molecular weight excluding hydrogens is 434 g/mol. The van der Waals surface area contributed by atoms with E-state index in [9.17, 15) is 19.7 Å². The average molecular weight is 462 g/mol. The topological polar surface area (TPSA) is 119 Å². The normalized spacial score (nSPS) is 13.8. The van der Waals surface area contributed by atoms with Gasteiger partial charge in [-0.15, -0.1) is 0 Å². The lowest BCUT2D eigenvalue weighted by Crippen LogP contribution is -2.48. The van der Waals surface area contributed by atoms with E-state index >= 15 is 0 Å². The largest absolute Gasteiger partial charge is 0.352 e. The van der Waals surface area contributed by atoms with Crippen molar-refractivity contribution in [1.29, 1.82) is 0 Å². The predicted octanol–water partition coefficient (Wildman–Crippen LogP) is 3.08. The van der Waals surface area contributed by atoms with E-state index in [1.54, 1.807) is 42.8 Å². The number of rotatable bonds is 9. The summed E-state index contributed by atoms with van der Waals surface area (Å²) in [4.78, 5) is 36.5. The highest BCUT2D eigenvalue weighted by Crippen LogP contribution is 2.23. The van der Waals surface area contributed by atoms with Gasteiger partial charge in [0.05, 0.1) is 11.5 Å². The van der Waals surface area contributed by atoms with Crippen molar-refractivity contribution in [2.45, 2.75) is 51.7 Å². The van der Waals surface area contributed by atoms with Gasteiger partial charge in [-0.1, -0.05) is 42.5 Å². The third-order valence-corrected chi connectivity index (χ3v) is 5.90. The number of nitrogens with one attached hydrogen (secondary N) is 2. The number of aryl methyl sites for hydroxylation is 1. The van der Waals surface area contributed by atoms with Crippen molar-refractivity contribution < 1.29 is 14.5 Å². The van der Waals surface area contributed by atoms with Gasteiger partial charge < -0.3 is 10.6 Å². The molecule has 1 heterocycles. The van der Waals surface area contributed by atoms with Gasteiger partial charge in [0.25, 0.3) is 5.91 Å². The summed E-state index contributed by atoms with van der Waals surface area (Å²) in [6, 6.07) is 16.0. The van der Waals surface area contributed by atoms with Crippen molar-refractivity contribution in [3.8, 4) is 0 Å². The SMILES string of the molecule is Cc1nn(Cc2ccc(C(=O)NC(Cc3ccccc3)C(=O)NC3CC3)cc2)c(C)c1[N+](=O)[O-]. The van der Waals surface area contributed by atoms with Gasteiger partial charge in [0.1, 0.15) is 17.4 Å². The highest BCUT2D eigenvalue weighted by molar-refractivity contribution is 5.97. The molecule has 0 radical (unpaired) electrons. The molecule has 3 aromatic rings. The van der Waals surface area contributed by atoms with E-state index in [1.165, 1.54) is 0 Å². The third kappa shape index (κ3) is 5.48. The maximum atomic E-state index is 12.9. The molecule has 176 valence electrons. The number of carbonyl (C=O) groups is 2. The van der Waals surface area contributed by atoms with E-state index in [1.807, 2.05) is 30.3 Å². The van der Waals surface area contributed by atoms with Crippen LogP contribution in [0.2, 0.25) is 0 Å². The molecule has 0 saturated heterocycles. The lowest BCUT2D eigenvalue weighted by molar-refractivity contribution is -0.386. The van der Waals surface area contributed by atoms with Crippen molar-refractivity contribution in [3.63, 3.8) is 0 Å². The van der Waals surface area contributed by atoms with Gasteiger partial charge >= 0.3 is 5.69 Å². The number of hydrogen-bond donors (Lipinski definition) is 2. The second-order valence-corrected chi connectivity index (χ2v) is 8.63. The Kier molecular flexibility index (Phi) is 6.72. The van der Waals surface area contributed by atoms with Crippen LogP contribution in [-0.4, -0.2) is 38.6 Å². The number of nitrogens with zero attached hydrogens (tertiary/aromatic N) is 3. The molecule has 1 fully saturated rings. The molecule has 1 saturated carbocycles. The minimum atomic E-state index is -0.676. The Morgan fingerprint density at radius 2 is 1.76 bits per heavy atom. The summed E-state index contributed by atoms with van der Waals surface area (Å²) >= 11 is 0. The summed E-state index contributed by atoms with van der Waals surface area (Å²) in [6.45, 7) is 3.63. The van der Waals surface area contributed by atoms with E-state index < -0.39 is 11.0 Å². The van der Waals surface area contributed by atoms with Crippen LogP contribution in [0.4, 0.5) is 5.69 Å². The molecule has 1 aliphatic carbocycles. The molecule has 1 aliphatic rings. The van der Waals surface area contributed by atoms with Gasteiger partial charge in [0.15, 0.2) is 0 Å². The van der Waals surface area contributed by atoms with Crippen LogP contribution in [0.3, 0.4) is 0 Å². The number of hydrogen-bond acceptors (Lipinski definition) is 5. The maximum absolute atomic E-state index is 12.9. The smallest absolute Gasteiger partial charge is 0.312 e. The minimum absolute atomic E-state index is 0.0185. The zero-order valence-electron chi connectivity index (χ0n) is 19.2. The van der Waals surface area contributed by atoms with E-state index in [0.717, 1.165) is 24.0 Å². The molecule has 0 aliphatic heterocycles. The molecule has 0 spiro atoms. The van der Waals surface area contributed by atoms with Gasteiger partial charge in [-0.05, 0) is 49.9 Å². The zero-order chi connectivity index (χ0) is 24.2. The average Bonchev–Trinajstić information content (AvgIpc) is 3.58. The monoisotopic (exact) mass is 461 g/mol. The highest BCUT2D eigenvalue weighted by Gasteiger charge is 2.29. The van der Waals surface area contributed by atoms with Gasteiger partial charge in [0.2, 0.25) is 5.91 Å². The lowest BCUT2D eigenvalue weighted by atomic mass is 10.0.